The topological polar surface area (TPSA) is 186 Å². The van der Waals surface area contributed by atoms with Crippen molar-refractivity contribution >= 4 is 52.8 Å². The molecule has 55 heavy (non-hydrogen) atoms. The zero-order valence-electron chi connectivity index (χ0n) is 30.6. The molecular formula is C39H42N10O6. The minimum atomic E-state index is -0.987. The third-order valence-corrected chi connectivity index (χ3v) is 12.0. The van der Waals surface area contributed by atoms with Crippen molar-refractivity contribution in [3.63, 3.8) is 0 Å². The zero-order valence-corrected chi connectivity index (χ0v) is 30.6. The fourth-order valence-corrected chi connectivity index (χ4v) is 9.09. The van der Waals surface area contributed by atoms with Crippen molar-refractivity contribution in [1.29, 1.82) is 0 Å². The Morgan fingerprint density at radius 2 is 1.58 bits per heavy atom. The van der Waals surface area contributed by atoms with E-state index in [0.717, 1.165) is 80.5 Å². The Morgan fingerprint density at radius 3 is 2.27 bits per heavy atom. The molecule has 0 radical (unpaired) electrons. The van der Waals surface area contributed by atoms with Gasteiger partial charge in [0.25, 0.3) is 17.7 Å². The van der Waals surface area contributed by atoms with E-state index in [1.165, 1.54) is 0 Å². The van der Waals surface area contributed by atoms with Crippen LogP contribution in [0.3, 0.4) is 0 Å². The number of carbonyl (C=O) groups is 6. The van der Waals surface area contributed by atoms with Crippen molar-refractivity contribution in [2.75, 3.05) is 74.1 Å². The molecule has 7 heterocycles. The van der Waals surface area contributed by atoms with Gasteiger partial charge in [0.15, 0.2) is 0 Å². The van der Waals surface area contributed by atoms with Gasteiger partial charge in [-0.2, -0.15) is 0 Å². The smallest absolute Gasteiger partial charge is 0.320 e. The molecule has 16 heteroatoms. The lowest BCUT2D eigenvalue weighted by atomic mass is 9.72. The summed E-state index contributed by atoms with van der Waals surface area (Å²) in [6.45, 7) is 6.28. The number of carbonyl (C=O) groups excluding carboxylic acids is 6. The molecule has 6 aliphatic heterocycles. The van der Waals surface area contributed by atoms with Crippen LogP contribution in [0, 0.1) is 5.41 Å². The fourth-order valence-electron chi connectivity index (χ4n) is 9.09. The standard InChI is InChI=1S/C39H42N10O6/c1-44-13-14-48(38(44)55)26-3-2-12-45(18-26)31-17-41-33(34(40)51)29(42-31)15-23-4-6-24(7-5-23)46-19-39(20-46)21-47(22-39)25-8-9-27-28(16-25)37(54)49(36(27)53)30-10-11-32(50)43-35(30)52/h4-9,16-17,26,30H,2-3,10-15,18-22H2,1H3,(H2,40,51)(H,43,50,52)/t26-,30?/m1/s1. The summed E-state index contributed by atoms with van der Waals surface area (Å²) in [4.78, 5) is 96.1. The lowest BCUT2D eigenvalue weighted by Crippen LogP contribution is -2.72. The van der Waals surface area contributed by atoms with Gasteiger partial charge in [-0.25, -0.2) is 14.8 Å². The van der Waals surface area contributed by atoms with E-state index in [1.54, 1.807) is 23.2 Å². The number of imide groups is 2. The minimum Gasteiger partial charge on any atom is -0.370 e. The van der Waals surface area contributed by atoms with E-state index in [2.05, 4.69) is 37.1 Å². The summed E-state index contributed by atoms with van der Waals surface area (Å²) in [7, 11) is 1.83. The molecule has 0 bridgehead atoms. The third kappa shape index (κ3) is 5.99. The summed E-state index contributed by atoms with van der Waals surface area (Å²) < 4.78 is 0. The molecule has 1 aromatic heterocycles. The summed E-state index contributed by atoms with van der Waals surface area (Å²) >= 11 is 0. The van der Waals surface area contributed by atoms with Crippen LogP contribution in [0.5, 0.6) is 0 Å². The molecule has 3 aromatic rings. The van der Waals surface area contributed by atoms with Crippen LogP contribution in [0.4, 0.5) is 22.0 Å². The summed E-state index contributed by atoms with van der Waals surface area (Å²) in [5.41, 5.74) is 10.0. The van der Waals surface area contributed by atoms with Crippen molar-refractivity contribution < 1.29 is 28.8 Å². The number of rotatable bonds is 8. The maximum absolute atomic E-state index is 13.3. The maximum Gasteiger partial charge on any atom is 0.320 e. The van der Waals surface area contributed by atoms with Gasteiger partial charge in [0.05, 0.1) is 29.1 Å². The molecule has 5 fully saturated rings. The van der Waals surface area contributed by atoms with Crippen LogP contribution in [-0.4, -0.2) is 132 Å². The number of anilines is 3. The molecule has 16 nitrogen and oxygen atoms in total. The van der Waals surface area contributed by atoms with Crippen LogP contribution in [0.25, 0.3) is 0 Å². The summed E-state index contributed by atoms with van der Waals surface area (Å²) in [6, 6.07) is 12.7. The maximum atomic E-state index is 13.3. The van der Waals surface area contributed by atoms with Gasteiger partial charge in [-0.15, -0.1) is 0 Å². The average Bonchev–Trinajstić information content (AvgIpc) is 3.60. The number of amides is 7. The fraction of sp³-hybridized carbons (Fsp3) is 0.436. The van der Waals surface area contributed by atoms with Crippen LogP contribution < -0.4 is 25.8 Å². The normalized spacial score (nSPS) is 23.3. The molecule has 7 amide bonds. The number of hydrogen-bond donors (Lipinski definition) is 2. The lowest BCUT2D eigenvalue weighted by molar-refractivity contribution is -0.136. The van der Waals surface area contributed by atoms with E-state index < -0.39 is 35.6 Å². The summed E-state index contributed by atoms with van der Waals surface area (Å²) in [5, 5.41) is 2.23. The number of likely N-dealkylation sites (N-methyl/N-ethyl adjacent to an activating group) is 1. The first-order chi connectivity index (χ1) is 26.5. The molecule has 284 valence electrons. The molecule has 1 spiro atoms. The van der Waals surface area contributed by atoms with Gasteiger partial charge in [-0.1, -0.05) is 12.1 Å². The number of fused-ring (bicyclic) bond motifs is 1. The zero-order chi connectivity index (χ0) is 38.2. The number of urea groups is 1. The van der Waals surface area contributed by atoms with Crippen molar-refractivity contribution in [1.82, 2.24) is 30.0 Å². The Labute approximate surface area is 317 Å². The Balaban J connectivity index is 0.815. The van der Waals surface area contributed by atoms with Crippen molar-refractivity contribution in [2.24, 2.45) is 11.1 Å². The molecule has 9 rings (SSSR count). The highest BCUT2D eigenvalue weighted by atomic mass is 16.2. The number of aromatic nitrogens is 2. The lowest BCUT2D eigenvalue weighted by Gasteiger charge is -2.61. The predicted molar refractivity (Wildman–Crippen MR) is 200 cm³/mol. The van der Waals surface area contributed by atoms with Gasteiger partial charge >= 0.3 is 6.03 Å². The van der Waals surface area contributed by atoms with Gasteiger partial charge in [0.2, 0.25) is 11.8 Å². The second kappa shape index (κ2) is 13.1. The Hall–Kier alpha value is -6.06. The van der Waals surface area contributed by atoms with Gasteiger partial charge in [0.1, 0.15) is 17.6 Å². The highest BCUT2D eigenvalue weighted by molar-refractivity contribution is 6.23. The van der Waals surface area contributed by atoms with E-state index in [1.807, 2.05) is 30.1 Å². The first-order valence-electron chi connectivity index (χ1n) is 18.8. The monoisotopic (exact) mass is 746 g/mol. The predicted octanol–water partition coefficient (Wildman–Crippen LogP) is 1.23. The van der Waals surface area contributed by atoms with Gasteiger partial charge in [0, 0.05) is 89.0 Å². The molecule has 0 saturated carbocycles. The van der Waals surface area contributed by atoms with Crippen molar-refractivity contribution in [3.05, 3.63) is 76.7 Å². The van der Waals surface area contributed by atoms with Gasteiger partial charge in [-0.3, -0.25) is 34.2 Å². The van der Waals surface area contributed by atoms with Gasteiger partial charge in [-0.05, 0) is 55.2 Å². The minimum absolute atomic E-state index is 0.0605. The third-order valence-electron chi connectivity index (χ3n) is 12.0. The molecule has 2 atom stereocenters. The van der Waals surface area contributed by atoms with Crippen LogP contribution in [0.1, 0.15) is 68.1 Å². The van der Waals surface area contributed by atoms with E-state index in [0.29, 0.717) is 24.5 Å². The van der Waals surface area contributed by atoms with E-state index in [9.17, 15) is 28.8 Å². The number of benzene rings is 2. The number of hydrogen-bond acceptors (Lipinski definition) is 11. The van der Waals surface area contributed by atoms with Crippen LogP contribution in [0.2, 0.25) is 0 Å². The molecule has 3 N–H and O–H groups in total. The number of nitrogens with zero attached hydrogens (tertiary/aromatic N) is 8. The highest BCUT2D eigenvalue weighted by Crippen LogP contribution is 2.44. The quantitative estimate of drug-likeness (QED) is 0.316. The van der Waals surface area contributed by atoms with Crippen LogP contribution >= 0.6 is 0 Å². The number of piperidine rings is 2. The second-order valence-electron chi connectivity index (χ2n) is 15.8. The van der Waals surface area contributed by atoms with E-state index >= 15 is 0 Å². The van der Waals surface area contributed by atoms with Gasteiger partial charge < -0.3 is 30.2 Å². The Morgan fingerprint density at radius 1 is 0.873 bits per heavy atom. The number of nitrogens with two attached hydrogens (primary N) is 1. The average molecular weight is 747 g/mol. The first kappa shape index (κ1) is 34.7. The van der Waals surface area contributed by atoms with Crippen LogP contribution in [0.15, 0.2) is 48.7 Å². The van der Waals surface area contributed by atoms with Crippen LogP contribution in [-0.2, 0) is 16.0 Å². The number of nitrogens with one attached hydrogen (secondary N) is 1. The SMILES string of the molecule is CN1CCN([C@@H]2CCCN(c3cnc(C(N)=O)c(Cc4ccc(N5CC6(C5)CN(c5ccc7c(c5)C(=O)N(C5CCC(=O)NC5=O)C7=O)C6)cc4)n3)C2)C1=O. The summed E-state index contributed by atoms with van der Waals surface area (Å²) in [5.74, 6) is -1.98. The molecule has 5 saturated heterocycles. The first-order valence-corrected chi connectivity index (χ1v) is 18.8. The van der Waals surface area contributed by atoms with Crippen molar-refractivity contribution in [2.45, 2.75) is 44.2 Å². The Bertz CT molecular complexity index is 2140. The Kier molecular flexibility index (Phi) is 8.24. The summed E-state index contributed by atoms with van der Waals surface area (Å²) in [6.07, 6.45) is 4.07. The van der Waals surface area contributed by atoms with E-state index in [-0.39, 0.29) is 47.2 Å². The molecule has 6 aliphatic rings. The molecule has 2 aromatic carbocycles. The van der Waals surface area contributed by atoms with Crippen molar-refractivity contribution in [3.8, 4) is 0 Å². The largest absolute Gasteiger partial charge is 0.370 e. The molecular weight excluding hydrogens is 704 g/mol. The van der Waals surface area contributed by atoms with E-state index in [4.69, 9.17) is 10.7 Å². The number of primary amides is 1. The molecule has 0 aliphatic carbocycles. The second-order valence-corrected chi connectivity index (χ2v) is 15.8. The molecule has 1 unspecified atom stereocenters. The highest BCUT2D eigenvalue weighted by Gasteiger charge is 2.52.